The van der Waals surface area contributed by atoms with E-state index in [4.69, 9.17) is 15.2 Å². The molecule has 27 heavy (non-hydrogen) atoms. The number of hydrogen-bond donors (Lipinski definition) is 2. The van der Waals surface area contributed by atoms with Gasteiger partial charge in [-0.3, -0.25) is 9.88 Å². The zero-order valence-electron chi connectivity index (χ0n) is 15.3. The largest absolute Gasteiger partial charge is 0.493 e. The highest BCUT2D eigenvalue weighted by Gasteiger charge is 2.30. The fourth-order valence-corrected chi connectivity index (χ4v) is 3.86. The lowest BCUT2D eigenvalue weighted by Gasteiger charge is -2.25. The van der Waals surface area contributed by atoms with E-state index in [2.05, 4.69) is 28.3 Å². The third kappa shape index (κ3) is 2.50. The third-order valence-electron chi connectivity index (χ3n) is 4.95. The maximum absolute atomic E-state index is 6.07. The number of nitrogens with zero attached hydrogens (tertiary/aromatic N) is 3. The number of anilines is 1. The van der Waals surface area contributed by atoms with Gasteiger partial charge in [-0.25, -0.2) is 9.98 Å². The normalized spacial score (nSPS) is 20.4. The van der Waals surface area contributed by atoms with Gasteiger partial charge < -0.3 is 15.2 Å². The van der Waals surface area contributed by atoms with Crippen LogP contribution in [0.5, 0.6) is 11.5 Å². The fraction of sp³-hybridized carbons (Fsp3) is 0.300. The predicted octanol–water partition coefficient (Wildman–Crippen LogP) is 3.05. The first-order valence-corrected chi connectivity index (χ1v) is 9.17. The van der Waals surface area contributed by atoms with Crippen LogP contribution < -0.4 is 20.5 Å². The van der Waals surface area contributed by atoms with Gasteiger partial charge >= 0.3 is 0 Å². The molecule has 2 aliphatic rings. The Kier molecular flexibility index (Phi) is 3.50. The lowest BCUT2D eigenvalue weighted by molar-refractivity contribution is 0.254. The molecule has 0 aliphatic carbocycles. The van der Waals surface area contributed by atoms with Gasteiger partial charge in [0, 0.05) is 17.5 Å². The lowest BCUT2D eigenvalue weighted by atomic mass is 10.0. The summed E-state index contributed by atoms with van der Waals surface area (Å²) in [5.41, 5.74) is 10.0. The molecule has 7 heteroatoms. The molecule has 2 aliphatic heterocycles. The summed E-state index contributed by atoms with van der Waals surface area (Å²) in [5, 5.41) is 3.07. The Morgan fingerprint density at radius 1 is 1.33 bits per heavy atom. The second-order valence-corrected chi connectivity index (χ2v) is 6.87. The number of nitrogens with two attached hydrogens (primary N) is 1. The molecule has 7 nitrogen and oxygen atoms in total. The molecule has 0 spiro atoms. The van der Waals surface area contributed by atoms with Crippen molar-refractivity contribution >= 4 is 22.9 Å². The average Bonchev–Trinajstić information content (AvgIpc) is 3.19. The van der Waals surface area contributed by atoms with Crippen molar-refractivity contribution in [3.8, 4) is 11.5 Å². The van der Waals surface area contributed by atoms with Gasteiger partial charge in [0.1, 0.15) is 17.6 Å². The molecule has 5 rings (SSSR count). The van der Waals surface area contributed by atoms with Gasteiger partial charge in [-0.2, -0.15) is 0 Å². The summed E-state index contributed by atoms with van der Waals surface area (Å²) in [6.07, 6.45) is 0.669. The van der Waals surface area contributed by atoms with Crippen molar-refractivity contribution < 1.29 is 9.47 Å². The monoisotopic (exact) mass is 363 g/mol. The molecular formula is C20H21N5O2. The summed E-state index contributed by atoms with van der Waals surface area (Å²) >= 11 is 0. The number of ether oxygens (including phenoxy) is 2. The summed E-state index contributed by atoms with van der Waals surface area (Å²) in [5.74, 6) is 2.70. The second kappa shape index (κ2) is 5.90. The molecule has 0 saturated heterocycles. The van der Waals surface area contributed by atoms with Gasteiger partial charge in [0.05, 0.1) is 17.6 Å². The van der Waals surface area contributed by atoms with Crippen molar-refractivity contribution in [3.63, 3.8) is 0 Å². The zero-order valence-corrected chi connectivity index (χ0v) is 15.3. The second-order valence-electron chi connectivity index (χ2n) is 6.87. The number of para-hydroxylation sites is 2. The molecule has 3 N–H and O–H groups in total. The number of benzene rings is 2. The van der Waals surface area contributed by atoms with E-state index >= 15 is 0 Å². The van der Waals surface area contributed by atoms with Crippen LogP contribution in [0.1, 0.15) is 31.1 Å². The summed E-state index contributed by atoms with van der Waals surface area (Å²) < 4.78 is 14.0. The molecule has 138 valence electrons. The van der Waals surface area contributed by atoms with Gasteiger partial charge in [-0.05, 0) is 38.1 Å². The molecule has 0 amide bonds. The Bertz CT molecular complexity index is 1070. The molecule has 0 fully saturated rings. The number of nitrogens with one attached hydrogen (secondary N) is 1. The van der Waals surface area contributed by atoms with Crippen molar-refractivity contribution in [2.75, 3.05) is 11.9 Å². The SMILES string of the molecule is CCOc1cc2c(cc1[C@@H]1N=C(N)Nc3nc4ccccc4n31)O[C@@H](C)C2. The minimum Gasteiger partial charge on any atom is -0.493 e. The van der Waals surface area contributed by atoms with Crippen LogP contribution in [0.25, 0.3) is 11.0 Å². The molecule has 3 aromatic rings. The molecule has 0 saturated carbocycles. The molecule has 0 bridgehead atoms. The van der Waals surface area contributed by atoms with Gasteiger partial charge in [-0.15, -0.1) is 0 Å². The Morgan fingerprint density at radius 3 is 3.04 bits per heavy atom. The zero-order chi connectivity index (χ0) is 18.5. The van der Waals surface area contributed by atoms with Crippen molar-refractivity contribution in [1.82, 2.24) is 9.55 Å². The highest BCUT2D eigenvalue weighted by atomic mass is 16.5. The van der Waals surface area contributed by atoms with E-state index in [1.807, 2.05) is 41.8 Å². The maximum atomic E-state index is 6.07. The molecule has 1 aromatic heterocycles. The predicted molar refractivity (Wildman–Crippen MR) is 105 cm³/mol. The van der Waals surface area contributed by atoms with Crippen LogP contribution >= 0.6 is 0 Å². The Balaban J connectivity index is 1.73. The van der Waals surface area contributed by atoms with Gasteiger partial charge in [-0.1, -0.05) is 12.1 Å². The fourth-order valence-electron chi connectivity index (χ4n) is 3.86. The Morgan fingerprint density at radius 2 is 2.19 bits per heavy atom. The summed E-state index contributed by atoms with van der Waals surface area (Å²) in [7, 11) is 0. The number of rotatable bonds is 3. The highest BCUT2D eigenvalue weighted by Crippen LogP contribution is 2.41. The minimum atomic E-state index is -0.375. The lowest BCUT2D eigenvalue weighted by Crippen LogP contribution is -2.31. The molecule has 0 unspecified atom stereocenters. The van der Waals surface area contributed by atoms with Crippen molar-refractivity contribution in [1.29, 1.82) is 0 Å². The van der Waals surface area contributed by atoms with Crippen molar-refractivity contribution in [3.05, 3.63) is 47.5 Å². The van der Waals surface area contributed by atoms with E-state index < -0.39 is 0 Å². The van der Waals surface area contributed by atoms with Crippen LogP contribution in [0.3, 0.4) is 0 Å². The maximum Gasteiger partial charge on any atom is 0.212 e. The highest BCUT2D eigenvalue weighted by molar-refractivity contribution is 5.94. The van der Waals surface area contributed by atoms with E-state index in [0.29, 0.717) is 18.5 Å². The van der Waals surface area contributed by atoms with Crippen LogP contribution in [0.15, 0.2) is 41.4 Å². The summed E-state index contributed by atoms with van der Waals surface area (Å²) in [4.78, 5) is 9.33. The average molecular weight is 363 g/mol. The number of imidazole rings is 1. The van der Waals surface area contributed by atoms with Gasteiger partial charge in [0.15, 0.2) is 12.1 Å². The standard InChI is InChI=1S/C20H21N5O2/c1-3-26-17-9-12-8-11(2)27-16(12)10-13(17)18-23-19(21)24-20-22-14-6-4-5-7-15(14)25(18)20/h4-7,9-11,18H,3,8H2,1-2H3,(H3,21,22,23,24)/t11-,18+/m0/s1. The quantitative estimate of drug-likeness (QED) is 0.747. The number of fused-ring (bicyclic) bond motifs is 4. The van der Waals surface area contributed by atoms with E-state index in [-0.39, 0.29) is 12.3 Å². The minimum absolute atomic E-state index is 0.163. The third-order valence-corrected chi connectivity index (χ3v) is 4.95. The van der Waals surface area contributed by atoms with Crippen LogP contribution in [0, 0.1) is 0 Å². The van der Waals surface area contributed by atoms with Crippen LogP contribution in [0.4, 0.5) is 5.95 Å². The Labute approximate surface area is 156 Å². The van der Waals surface area contributed by atoms with Crippen molar-refractivity contribution in [2.45, 2.75) is 32.5 Å². The molecular weight excluding hydrogens is 342 g/mol. The van der Waals surface area contributed by atoms with Gasteiger partial charge in [0.2, 0.25) is 5.95 Å². The molecule has 0 radical (unpaired) electrons. The first kappa shape index (κ1) is 16.0. The first-order chi connectivity index (χ1) is 13.1. The van der Waals surface area contributed by atoms with Crippen LogP contribution in [-0.4, -0.2) is 28.2 Å². The molecule has 3 heterocycles. The number of aromatic nitrogens is 2. The number of guanidine groups is 1. The van der Waals surface area contributed by atoms with E-state index in [1.165, 1.54) is 0 Å². The smallest absolute Gasteiger partial charge is 0.212 e. The number of aliphatic imine (C=N–C) groups is 1. The summed E-state index contributed by atoms with van der Waals surface area (Å²) in [6.45, 7) is 4.63. The molecule has 2 aromatic carbocycles. The Hall–Kier alpha value is -3.22. The van der Waals surface area contributed by atoms with Gasteiger partial charge in [0.25, 0.3) is 0 Å². The first-order valence-electron chi connectivity index (χ1n) is 9.17. The number of hydrogen-bond acceptors (Lipinski definition) is 6. The van der Waals surface area contributed by atoms with E-state index in [9.17, 15) is 0 Å². The topological polar surface area (TPSA) is 86.7 Å². The van der Waals surface area contributed by atoms with Crippen LogP contribution in [0.2, 0.25) is 0 Å². The molecule has 2 atom stereocenters. The van der Waals surface area contributed by atoms with Crippen LogP contribution in [-0.2, 0) is 6.42 Å². The van der Waals surface area contributed by atoms with E-state index in [1.54, 1.807) is 0 Å². The van der Waals surface area contributed by atoms with Crippen molar-refractivity contribution in [2.24, 2.45) is 10.7 Å². The summed E-state index contributed by atoms with van der Waals surface area (Å²) in [6, 6.07) is 12.1. The van der Waals surface area contributed by atoms with E-state index in [0.717, 1.165) is 40.1 Å².